The zero-order chi connectivity index (χ0) is 19.1. The number of benzene rings is 1. The van der Waals surface area contributed by atoms with Crippen molar-refractivity contribution in [3.8, 4) is 0 Å². The van der Waals surface area contributed by atoms with Gasteiger partial charge < -0.3 is 20.4 Å². The lowest BCUT2D eigenvalue weighted by molar-refractivity contribution is -0.171. The van der Waals surface area contributed by atoms with Crippen LogP contribution in [0.25, 0.3) is 10.9 Å². The highest BCUT2D eigenvalue weighted by Gasteiger charge is 2.66. The third-order valence-electron chi connectivity index (χ3n) is 7.05. The molecule has 3 aliphatic rings. The van der Waals surface area contributed by atoms with E-state index < -0.39 is 0 Å². The van der Waals surface area contributed by atoms with Crippen LogP contribution in [-0.4, -0.2) is 42.8 Å². The third kappa shape index (κ3) is 2.81. The molecule has 3 fully saturated rings. The molecule has 2 saturated carbocycles. The summed E-state index contributed by atoms with van der Waals surface area (Å²) in [5.74, 6) is 1.33. The van der Waals surface area contributed by atoms with Crippen molar-refractivity contribution in [2.45, 2.75) is 51.2 Å². The molecule has 1 aromatic heterocycles. The van der Waals surface area contributed by atoms with Crippen LogP contribution in [0.3, 0.4) is 0 Å². The van der Waals surface area contributed by atoms with Crippen LogP contribution in [0.2, 0.25) is 0 Å². The van der Waals surface area contributed by atoms with Crippen LogP contribution in [0.1, 0.15) is 38.2 Å². The fraction of sp³-hybridized carbons (Fsp3) is 0.591. The predicted molar refractivity (Wildman–Crippen MR) is 109 cm³/mol. The fourth-order valence-electron chi connectivity index (χ4n) is 5.57. The Hall–Kier alpha value is -2.08. The number of hydrogen-bond acceptors (Lipinski definition) is 2. The number of fused-ring (bicyclic) bond motifs is 3. The van der Waals surface area contributed by atoms with Crippen molar-refractivity contribution in [2.24, 2.45) is 16.3 Å². The van der Waals surface area contributed by atoms with Gasteiger partial charge >= 0.3 is 0 Å². The lowest BCUT2D eigenvalue weighted by atomic mass is 9.46. The Bertz CT molecular complexity index is 888. The van der Waals surface area contributed by atoms with Crippen molar-refractivity contribution in [1.29, 1.82) is 0 Å². The van der Waals surface area contributed by atoms with E-state index >= 15 is 0 Å². The second kappa shape index (κ2) is 7.07. The molecule has 5 nitrogen and oxygen atoms in total. The van der Waals surface area contributed by atoms with Crippen molar-refractivity contribution in [3.05, 3.63) is 35.8 Å². The Morgan fingerprint density at radius 3 is 3.07 bits per heavy atom. The molecular weight excluding hydrogens is 355 g/mol. The first-order valence-electron chi connectivity index (χ1n) is 10.6. The number of aromatic nitrogens is 1. The Morgan fingerprint density at radius 1 is 1.39 bits per heavy atom. The highest BCUT2D eigenvalue weighted by Crippen LogP contribution is 2.62. The summed E-state index contributed by atoms with van der Waals surface area (Å²) in [6.45, 7) is 4.51. The molecule has 0 amide bonds. The van der Waals surface area contributed by atoms with Crippen LogP contribution in [0.15, 0.2) is 29.4 Å². The standard InChI is InChI=1S/C22H29FN4O/c1-2-24-21(27-19-16-7-11-28-20(16)22(19)8-3-9-22)25-10-6-14-13-26-18-5-4-15(23)12-17(14)18/h4-5,12-13,16,19-20,26H,2-3,6-11H2,1H3,(H2,24,25,27). The second-order valence-electron chi connectivity index (χ2n) is 8.47. The van der Waals surface area contributed by atoms with Crippen molar-refractivity contribution in [3.63, 3.8) is 0 Å². The van der Waals surface area contributed by atoms with E-state index in [1.54, 1.807) is 12.1 Å². The number of nitrogens with zero attached hydrogens (tertiary/aromatic N) is 1. The van der Waals surface area contributed by atoms with E-state index in [-0.39, 0.29) is 5.82 Å². The molecule has 1 saturated heterocycles. The van der Waals surface area contributed by atoms with E-state index in [0.717, 1.165) is 48.4 Å². The summed E-state index contributed by atoms with van der Waals surface area (Å²) < 4.78 is 19.6. The van der Waals surface area contributed by atoms with Gasteiger partial charge in [-0.25, -0.2) is 4.39 Å². The Balaban J connectivity index is 1.27. The lowest BCUT2D eigenvalue weighted by Crippen LogP contribution is -2.72. The molecule has 150 valence electrons. The minimum Gasteiger partial charge on any atom is -0.377 e. The summed E-state index contributed by atoms with van der Waals surface area (Å²) in [6, 6.07) is 5.36. The molecule has 1 aliphatic heterocycles. The van der Waals surface area contributed by atoms with Crippen LogP contribution in [0.5, 0.6) is 0 Å². The average molecular weight is 384 g/mol. The van der Waals surface area contributed by atoms with E-state index in [1.165, 1.54) is 25.3 Å². The number of ether oxygens (including phenoxy) is 1. The number of aromatic amines is 1. The van der Waals surface area contributed by atoms with Gasteiger partial charge in [-0.2, -0.15) is 0 Å². The van der Waals surface area contributed by atoms with Gasteiger partial charge in [-0.3, -0.25) is 4.99 Å². The molecular formula is C22H29FN4O. The fourth-order valence-corrected chi connectivity index (χ4v) is 5.57. The smallest absolute Gasteiger partial charge is 0.191 e. The van der Waals surface area contributed by atoms with Gasteiger partial charge in [-0.1, -0.05) is 6.42 Å². The van der Waals surface area contributed by atoms with Crippen molar-refractivity contribution < 1.29 is 9.13 Å². The maximum absolute atomic E-state index is 13.6. The number of aliphatic imine (C=N–C) groups is 1. The number of guanidine groups is 1. The quantitative estimate of drug-likeness (QED) is 0.547. The van der Waals surface area contributed by atoms with Crippen molar-refractivity contribution in [1.82, 2.24) is 15.6 Å². The molecule has 1 spiro atoms. The predicted octanol–water partition coefficient (Wildman–Crippen LogP) is 3.36. The SMILES string of the molecule is CCNC(=NCCc1c[nH]c2ccc(F)cc12)NC1C2CCOC2C12CCC2. The lowest BCUT2D eigenvalue weighted by Gasteiger charge is -2.63. The van der Waals surface area contributed by atoms with Crippen LogP contribution in [0, 0.1) is 17.2 Å². The highest BCUT2D eigenvalue weighted by molar-refractivity contribution is 5.83. The summed E-state index contributed by atoms with van der Waals surface area (Å²) in [7, 11) is 0. The summed E-state index contributed by atoms with van der Waals surface area (Å²) in [6.07, 6.45) is 8.22. The van der Waals surface area contributed by atoms with Gasteiger partial charge in [0.05, 0.1) is 6.10 Å². The van der Waals surface area contributed by atoms with Crippen LogP contribution < -0.4 is 10.6 Å². The number of H-pyrrole nitrogens is 1. The maximum atomic E-state index is 13.6. The molecule has 0 radical (unpaired) electrons. The molecule has 2 heterocycles. The monoisotopic (exact) mass is 384 g/mol. The number of nitrogens with one attached hydrogen (secondary N) is 3. The maximum Gasteiger partial charge on any atom is 0.191 e. The van der Waals surface area contributed by atoms with Crippen LogP contribution in [0.4, 0.5) is 4.39 Å². The largest absolute Gasteiger partial charge is 0.377 e. The number of rotatable bonds is 5. The third-order valence-corrected chi connectivity index (χ3v) is 7.05. The van der Waals surface area contributed by atoms with E-state index in [4.69, 9.17) is 9.73 Å². The van der Waals surface area contributed by atoms with Crippen LogP contribution in [-0.2, 0) is 11.2 Å². The first-order chi connectivity index (χ1) is 13.7. The summed E-state index contributed by atoms with van der Waals surface area (Å²) >= 11 is 0. The molecule has 0 bridgehead atoms. The zero-order valence-corrected chi connectivity index (χ0v) is 16.4. The van der Waals surface area contributed by atoms with E-state index in [9.17, 15) is 4.39 Å². The van der Waals surface area contributed by atoms with Gasteiger partial charge in [0, 0.05) is 54.2 Å². The molecule has 3 atom stereocenters. The van der Waals surface area contributed by atoms with Gasteiger partial charge in [0.1, 0.15) is 5.82 Å². The highest BCUT2D eigenvalue weighted by atomic mass is 19.1. The Labute approximate surface area is 165 Å². The molecule has 3 N–H and O–H groups in total. The molecule has 2 aliphatic carbocycles. The second-order valence-corrected chi connectivity index (χ2v) is 8.47. The molecule has 6 heteroatoms. The average Bonchev–Trinajstić information content (AvgIpc) is 3.23. The molecule has 28 heavy (non-hydrogen) atoms. The van der Waals surface area contributed by atoms with E-state index in [0.29, 0.717) is 30.0 Å². The van der Waals surface area contributed by atoms with E-state index in [2.05, 4.69) is 22.5 Å². The minimum absolute atomic E-state index is 0.198. The first kappa shape index (κ1) is 18.0. The topological polar surface area (TPSA) is 61.4 Å². The molecule has 3 unspecified atom stereocenters. The summed E-state index contributed by atoms with van der Waals surface area (Å²) in [5, 5.41) is 8.09. The van der Waals surface area contributed by atoms with Gasteiger partial charge in [-0.05, 0) is 56.4 Å². The zero-order valence-electron chi connectivity index (χ0n) is 16.4. The van der Waals surface area contributed by atoms with E-state index in [1.807, 2.05) is 6.20 Å². The van der Waals surface area contributed by atoms with Gasteiger partial charge in [0.15, 0.2) is 5.96 Å². The normalized spacial score (nSPS) is 28.1. The van der Waals surface area contributed by atoms with Crippen LogP contribution >= 0.6 is 0 Å². The number of halogens is 1. The van der Waals surface area contributed by atoms with Gasteiger partial charge in [0.25, 0.3) is 0 Å². The number of hydrogen-bond donors (Lipinski definition) is 3. The first-order valence-corrected chi connectivity index (χ1v) is 10.6. The summed E-state index contributed by atoms with van der Waals surface area (Å²) in [5.41, 5.74) is 2.42. The van der Waals surface area contributed by atoms with Gasteiger partial charge in [-0.15, -0.1) is 0 Å². The van der Waals surface area contributed by atoms with Crippen molar-refractivity contribution >= 4 is 16.9 Å². The van der Waals surface area contributed by atoms with Crippen molar-refractivity contribution in [2.75, 3.05) is 19.7 Å². The Morgan fingerprint density at radius 2 is 2.29 bits per heavy atom. The molecule has 2 aromatic rings. The Kier molecular flexibility index (Phi) is 4.54. The molecule has 1 aromatic carbocycles. The minimum atomic E-state index is -0.198. The van der Waals surface area contributed by atoms with Gasteiger partial charge in [0.2, 0.25) is 0 Å². The molecule has 5 rings (SSSR count). The summed E-state index contributed by atoms with van der Waals surface area (Å²) in [4.78, 5) is 8.04.